The van der Waals surface area contributed by atoms with Crippen LogP contribution in [0.4, 0.5) is 0 Å². The van der Waals surface area contributed by atoms with E-state index in [1.54, 1.807) is 19.1 Å². The molecule has 8 nitrogen and oxygen atoms in total. The van der Waals surface area contributed by atoms with Gasteiger partial charge in [0.2, 0.25) is 5.96 Å². The normalized spacial score (nSPS) is 11.4. The lowest BCUT2D eigenvalue weighted by Gasteiger charge is -2.12. The summed E-state index contributed by atoms with van der Waals surface area (Å²) in [5.74, 6) is 0.372. The predicted octanol–water partition coefficient (Wildman–Crippen LogP) is 3.10. The molecule has 0 amide bonds. The summed E-state index contributed by atoms with van der Waals surface area (Å²) < 4.78 is 35.8. The van der Waals surface area contributed by atoms with Gasteiger partial charge in [0.25, 0.3) is 0 Å². The molecule has 0 atom stereocenters. The molecule has 0 aliphatic carbocycles. The number of guanidine groups is 1. The van der Waals surface area contributed by atoms with E-state index in [0.29, 0.717) is 12.2 Å². The molecule has 150 valence electrons. The van der Waals surface area contributed by atoms with Gasteiger partial charge in [0, 0.05) is 18.7 Å². The molecule has 0 fully saturated rings. The van der Waals surface area contributed by atoms with E-state index in [2.05, 4.69) is 10.2 Å². The fraction of sp³-hybridized carbons (Fsp3) is 0.176. The van der Waals surface area contributed by atoms with Crippen molar-refractivity contribution in [2.24, 2.45) is 21.7 Å². The highest BCUT2D eigenvalue weighted by molar-refractivity contribution is 7.87. The Morgan fingerprint density at radius 2 is 1.89 bits per heavy atom. The average molecular weight is 445 g/mol. The summed E-state index contributed by atoms with van der Waals surface area (Å²) in [6.45, 7) is 2.05. The van der Waals surface area contributed by atoms with Gasteiger partial charge in [-0.3, -0.25) is 0 Å². The lowest BCUT2D eigenvalue weighted by atomic mass is 10.2. The number of hydrogen-bond donors (Lipinski definition) is 2. The van der Waals surface area contributed by atoms with E-state index in [9.17, 15) is 8.42 Å². The zero-order chi connectivity index (χ0) is 20.7. The maximum atomic E-state index is 12.5. The Kier molecular flexibility index (Phi) is 7.50. The largest absolute Gasteiger partial charge is 0.493 e. The van der Waals surface area contributed by atoms with E-state index in [-0.39, 0.29) is 33.3 Å². The highest BCUT2D eigenvalue weighted by Crippen LogP contribution is 2.32. The molecular weight excluding hydrogens is 427 g/mol. The van der Waals surface area contributed by atoms with Crippen molar-refractivity contribution >= 4 is 45.5 Å². The van der Waals surface area contributed by atoms with Crippen LogP contribution >= 0.6 is 23.2 Å². The lowest BCUT2D eigenvalue weighted by Crippen LogP contribution is -2.21. The van der Waals surface area contributed by atoms with Gasteiger partial charge in [-0.15, -0.1) is 5.10 Å². The van der Waals surface area contributed by atoms with Gasteiger partial charge in [0.05, 0.1) is 16.7 Å². The first kappa shape index (κ1) is 21.8. The lowest BCUT2D eigenvalue weighted by molar-refractivity contribution is 0.329. The van der Waals surface area contributed by atoms with Gasteiger partial charge in [0.1, 0.15) is 16.4 Å². The Balaban J connectivity index is 2.11. The van der Waals surface area contributed by atoms with Gasteiger partial charge < -0.3 is 20.4 Å². The van der Waals surface area contributed by atoms with Crippen molar-refractivity contribution < 1.29 is 17.3 Å². The molecule has 0 unspecified atom stereocenters. The molecule has 0 aliphatic rings. The minimum absolute atomic E-state index is 0.0835. The van der Waals surface area contributed by atoms with E-state index in [1.165, 1.54) is 30.5 Å². The monoisotopic (exact) mass is 444 g/mol. The smallest absolute Gasteiger partial charge is 0.340 e. The maximum absolute atomic E-state index is 12.5. The van der Waals surface area contributed by atoms with Crippen LogP contribution in [0, 0.1) is 6.92 Å². The van der Waals surface area contributed by atoms with Crippen molar-refractivity contribution in [1.82, 2.24) is 0 Å². The Morgan fingerprint density at radius 1 is 1.18 bits per heavy atom. The van der Waals surface area contributed by atoms with Crippen molar-refractivity contribution in [2.45, 2.75) is 18.2 Å². The summed E-state index contributed by atoms with van der Waals surface area (Å²) >= 11 is 11.9. The maximum Gasteiger partial charge on any atom is 0.340 e. The van der Waals surface area contributed by atoms with Crippen LogP contribution in [0.15, 0.2) is 51.5 Å². The summed E-state index contributed by atoms with van der Waals surface area (Å²) in [6.07, 6.45) is 1.93. The molecule has 0 aromatic heterocycles. The van der Waals surface area contributed by atoms with E-state index in [0.717, 1.165) is 5.56 Å². The zero-order valence-electron chi connectivity index (χ0n) is 14.8. The highest BCUT2D eigenvalue weighted by Gasteiger charge is 2.22. The van der Waals surface area contributed by atoms with Crippen LogP contribution in [-0.2, 0) is 10.1 Å². The van der Waals surface area contributed by atoms with Gasteiger partial charge >= 0.3 is 10.1 Å². The van der Waals surface area contributed by atoms with Crippen LogP contribution in [0.25, 0.3) is 0 Å². The number of nitrogens with two attached hydrogens (primary N) is 2. The van der Waals surface area contributed by atoms with E-state index >= 15 is 0 Å². The molecule has 2 rings (SSSR count). The Hall–Kier alpha value is -2.49. The van der Waals surface area contributed by atoms with Crippen LogP contribution in [0.2, 0.25) is 10.0 Å². The Labute approximate surface area is 172 Å². The molecule has 2 aromatic carbocycles. The topological polar surface area (TPSA) is 129 Å². The SMILES string of the molecule is Cc1cc(OCC/C=N/N=C(N)N)cc(OS(=O)(=O)c2cccc(Cl)c2Cl)c1. The number of ether oxygens (including phenoxy) is 1. The van der Waals surface area contributed by atoms with Crippen LogP contribution in [0.5, 0.6) is 11.5 Å². The second-order valence-corrected chi connectivity index (χ2v) is 7.83. The van der Waals surface area contributed by atoms with Crippen LogP contribution in [0.1, 0.15) is 12.0 Å². The van der Waals surface area contributed by atoms with Crippen LogP contribution in [-0.4, -0.2) is 27.2 Å². The van der Waals surface area contributed by atoms with E-state index in [1.807, 2.05) is 0 Å². The number of nitrogens with zero attached hydrogens (tertiary/aromatic N) is 2. The first-order valence-corrected chi connectivity index (χ1v) is 10.1. The zero-order valence-corrected chi connectivity index (χ0v) is 17.1. The van der Waals surface area contributed by atoms with Gasteiger partial charge in [-0.2, -0.15) is 13.5 Å². The third kappa shape index (κ3) is 6.29. The third-order valence-electron chi connectivity index (χ3n) is 3.19. The van der Waals surface area contributed by atoms with Gasteiger partial charge in [-0.1, -0.05) is 29.3 Å². The summed E-state index contributed by atoms with van der Waals surface area (Å²) in [5, 5.41) is 7.11. The van der Waals surface area contributed by atoms with Crippen LogP contribution in [0.3, 0.4) is 0 Å². The molecule has 0 radical (unpaired) electrons. The average Bonchev–Trinajstić information content (AvgIpc) is 2.59. The minimum atomic E-state index is -4.17. The van der Waals surface area contributed by atoms with Crippen LogP contribution < -0.4 is 20.4 Å². The first-order chi connectivity index (χ1) is 13.2. The van der Waals surface area contributed by atoms with Crippen molar-refractivity contribution in [3.63, 3.8) is 0 Å². The predicted molar refractivity (Wildman–Crippen MR) is 110 cm³/mol. The van der Waals surface area contributed by atoms with Crippen molar-refractivity contribution in [1.29, 1.82) is 0 Å². The first-order valence-electron chi connectivity index (χ1n) is 7.92. The third-order valence-corrected chi connectivity index (χ3v) is 5.41. The van der Waals surface area contributed by atoms with Gasteiger partial charge in [0.15, 0.2) is 0 Å². The number of hydrogen-bond acceptors (Lipinski definition) is 6. The van der Waals surface area contributed by atoms with Crippen molar-refractivity contribution in [3.8, 4) is 11.5 Å². The summed E-state index contributed by atoms with van der Waals surface area (Å²) in [5.41, 5.74) is 11.0. The molecule has 28 heavy (non-hydrogen) atoms. The molecule has 0 bridgehead atoms. The number of benzene rings is 2. The summed E-state index contributed by atoms with van der Waals surface area (Å²) in [6, 6.07) is 9.02. The second-order valence-electron chi connectivity index (χ2n) is 5.53. The molecular formula is C17H18Cl2N4O4S. The number of rotatable bonds is 8. The van der Waals surface area contributed by atoms with Gasteiger partial charge in [-0.05, 0) is 36.8 Å². The molecule has 11 heteroatoms. The van der Waals surface area contributed by atoms with Crippen molar-refractivity contribution in [2.75, 3.05) is 6.61 Å². The summed E-state index contributed by atoms with van der Waals surface area (Å²) in [7, 11) is -4.17. The fourth-order valence-electron chi connectivity index (χ4n) is 2.09. The fourth-order valence-corrected chi connectivity index (χ4v) is 3.74. The highest BCUT2D eigenvalue weighted by atomic mass is 35.5. The van der Waals surface area contributed by atoms with Gasteiger partial charge in [-0.25, -0.2) is 0 Å². The molecule has 4 N–H and O–H groups in total. The Morgan fingerprint density at radius 3 is 2.61 bits per heavy atom. The molecule has 0 spiro atoms. The standard InChI is InChI=1S/C17H18Cl2N4O4S/c1-11-8-12(26-7-3-6-22-23-17(20)21)10-13(9-11)27-28(24,25)15-5-2-4-14(18)16(15)19/h2,4-6,8-10H,3,7H2,1H3,(H4,20,21,23)/b22-6+. The Bertz CT molecular complexity index is 1010. The molecule has 0 heterocycles. The minimum Gasteiger partial charge on any atom is -0.493 e. The van der Waals surface area contributed by atoms with Crippen molar-refractivity contribution in [3.05, 3.63) is 52.0 Å². The second kappa shape index (κ2) is 9.63. The number of halogens is 2. The quantitative estimate of drug-likeness (QED) is 0.211. The van der Waals surface area contributed by atoms with E-state index in [4.69, 9.17) is 43.6 Å². The molecule has 0 saturated heterocycles. The molecule has 0 saturated carbocycles. The van der Waals surface area contributed by atoms with E-state index < -0.39 is 10.1 Å². The number of aryl methyl sites for hydroxylation is 1. The summed E-state index contributed by atoms with van der Waals surface area (Å²) in [4.78, 5) is -0.221. The molecule has 2 aromatic rings. The molecule has 0 aliphatic heterocycles.